The normalized spacial score (nSPS) is 13.9. The largest absolute Gasteiger partial charge is 2.00 e. The first kappa shape index (κ1) is 30.9. The van der Waals surface area contributed by atoms with Crippen LogP contribution < -0.4 is 10.2 Å². The zero-order chi connectivity index (χ0) is 21.7. The number of carbonyl (C=O) groups is 2. The average molecular weight is 551 g/mol. The van der Waals surface area contributed by atoms with E-state index < -0.39 is 59.9 Å². The third-order valence-electron chi connectivity index (χ3n) is 1.64. The number of allylic oxidation sites excluding steroid dienone is 4. The quantitative estimate of drug-likeness (QED) is 0.226. The van der Waals surface area contributed by atoms with Gasteiger partial charge in [0.15, 0.2) is 0 Å². The second kappa shape index (κ2) is 10.6. The smallest absolute Gasteiger partial charge is 0.869 e. The second-order valence-electron chi connectivity index (χ2n) is 3.74. The standard InChI is InChI=1S/2C5H2F6O2.Ba/c2*6-4(7,8)2(12)1-3(13)5(9,10)11;/h2*1,12H;/q;;+2/p-2. The van der Waals surface area contributed by atoms with E-state index in [1.54, 1.807) is 0 Å². The maximum atomic E-state index is 11.3. The first-order valence-corrected chi connectivity index (χ1v) is 5.24. The van der Waals surface area contributed by atoms with Crippen LogP contribution in [0.2, 0.25) is 0 Å². The molecular weight excluding hydrogens is 549 g/mol. The Hall–Kier alpha value is -0.849. The first-order valence-electron chi connectivity index (χ1n) is 5.24. The molecule has 0 radical (unpaired) electrons. The fourth-order valence-corrected chi connectivity index (χ4v) is 0.565. The molecule has 0 saturated heterocycles. The third kappa shape index (κ3) is 13.9. The molecule has 0 heterocycles. The summed E-state index contributed by atoms with van der Waals surface area (Å²) in [5, 5.41) is 19.6. The average Bonchev–Trinajstić information content (AvgIpc) is 2.34. The van der Waals surface area contributed by atoms with Gasteiger partial charge >= 0.3 is 73.6 Å². The number of carbonyl (C=O) groups excluding carboxylic acids is 2. The molecule has 0 atom stereocenters. The van der Waals surface area contributed by atoms with E-state index >= 15 is 0 Å². The molecule has 0 spiro atoms. The fourth-order valence-electron chi connectivity index (χ4n) is 0.565. The summed E-state index contributed by atoms with van der Waals surface area (Å²) in [6, 6.07) is 0. The predicted molar refractivity (Wildman–Crippen MR) is 56.2 cm³/mol. The molecule has 4 nitrogen and oxygen atoms in total. The molecule has 0 aliphatic carbocycles. The van der Waals surface area contributed by atoms with E-state index in [9.17, 15) is 72.5 Å². The van der Waals surface area contributed by atoms with Gasteiger partial charge in [0.1, 0.15) is 0 Å². The molecule has 0 saturated carbocycles. The molecule has 0 fully saturated rings. The van der Waals surface area contributed by atoms with Gasteiger partial charge in [-0.25, -0.2) is 0 Å². The van der Waals surface area contributed by atoms with Crippen LogP contribution in [-0.4, -0.2) is 85.2 Å². The van der Waals surface area contributed by atoms with Crippen LogP contribution in [0.15, 0.2) is 23.7 Å². The summed E-state index contributed by atoms with van der Waals surface area (Å²) in [6.45, 7) is 0. The van der Waals surface area contributed by atoms with Crippen LogP contribution in [0.4, 0.5) is 52.7 Å². The van der Waals surface area contributed by atoms with Crippen molar-refractivity contribution < 1.29 is 72.5 Å². The predicted octanol–water partition coefficient (Wildman–Crippen LogP) is 1.47. The van der Waals surface area contributed by atoms with Gasteiger partial charge in [-0.1, -0.05) is 0 Å². The molecular formula is C10H2BaF12O4. The Balaban J connectivity index is -0.000000411. The van der Waals surface area contributed by atoms with Gasteiger partial charge in [-0.3, -0.25) is 9.59 Å². The molecule has 152 valence electrons. The van der Waals surface area contributed by atoms with Crippen molar-refractivity contribution >= 4 is 60.4 Å². The van der Waals surface area contributed by atoms with Crippen molar-refractivity contribution in [2.24, 2.45) is 0 Å². The Morgan fingerprint density at radius 3 is 0.815 bits per heavy atom. The molecule has 0 N–H and O–H groups in total. The molecule has 0 unspecified atom stereocenters. The topological polar surface area (TPSA) is 80.3 Å². The van der Waals surface area contributed by atoms with Crippen LogP contribution in [0, 0.1) is 0 Å². The molecule has 0 aromatic rings. The van der Waals surface area contributed by atoms with Gasteiger partial charge in [-0.2, -0.15) is 52.7 Å². The second-order valence-corrected chi connectivity index (χ2v) is 3.74. The van der Waals surface area contributed by atoms with Crippen molar-refractivity contribution in [3.05, 3.63) is 23.7 Å². The molecule has 0 aromatic carbocycles. The molecule has 17 heteroatoms. The number of halogens is 12. The molecule has 0 amide bonds. The van der Waals surface area contributed by atoms with E-state index in [1.165, 1.54) is 0 Å². The van der Waals surface area contributed by atoms with Gasteiger partial charge < -0.3 is 10.2 Å². The van der Waals surface area contributed by atoms with Crippen molar-refractivity contribution in [3.8, 4) is 0 Å². The van der Waals surface area contributed by atoms with Crippen LogP contribution in [-0.2, 0) is 9.59 Å². The Morgan fingerprint density at radius 2 is 0.704 bits per heavy atom. The van der Waals surface area contributed by atoms with Crippen LogP contribution in [0.25, 0.3) is 0 Å². The summed E-state index contributed by atoms with van der Waals surface area (Å²) < 4.78 is 136. The zero-order valence-electron chi connectivity index (χ0n) is 12.0. The molecule has 0 aromatic heterocycles. The van der Waals surface area contributed by atoms with E-state index in [0.717, 1.165) is 0 Å². The van der Waals surface area contributed by atoms with Crippen LogP contribution >= 0.6 is 0 Å². The minimum absolute atomic E-state index is 0. The molecule has 0 aliphatic heterocycles. The SMILES string of the molecule is O=C(C=C([O-])C(F)(F)F)C(F)(F)F.O=C(C=C([O-])C(F)(F)F)C(F)(F)F.[Ba+2]. The van der Waals surface area contributed by atoms with Crippen LogP contribution in [0.1, 0.15) is 0 Å². The number of ketones is 2. The van der Waals surface area contributed by atoms with E-state index in [0.29, 0.717) is 0 Å². The van der Waals surface area contributed by atoms with Gasteiger partial charge in [0, 0.05) is 0 Å². The van der Waals surface area contributed by atoms with Crippen molar-refractivity contribution in [1.82, 2.24) is 0 Å². The first-order chi connectivity index (χ1) is 11.1. The third-order valence-corrected chi connectivity index (χ3v) is 1.64. The summed E-state index contributed by atoms with van der Waals surface area (Å²) in [5.74, 6) is -11.3. The molecule has 27 heavy (non-hydrogen) atoms. The Bertz CT molecular complexity index is 527. The van der Waals surface area contributed by atoms with Gasteiger partial charge in [-0.15, -0.1) is 0 Å². The summed E-state index contributed by atoms with van der Waals surface area (Å²) >= 11 is 0. The van der Waals surface area contributed by atoms with E-state index in [-0.39, 0.29) is 48.9 Å². The van der Waals surface area contributed by atoms with Crippen molar-refractivity contribution in [2.75, 3.05) is 0 Å². The Kier molecular flexibility index (Phi) is 12.2. The number of alkyl halides is 12. The van der Waals surface area contributed by atoms with Crippen molar-refractivity contribution in [2.45, 2.75) is 24.7 Å². The minimum atomic E-state index is -5.46. The van der Waals surface area contributed by atoms with Crippen molar-refractivity contribution in [1.29, 1.82) is 0 Å². The molecule has 0 aliphatic rings. The number of hydrogen-bond acceptors (Lipinski definition) is 4. The van der Waals surface area contributed by atoms with Crippen LogP contribution in [0.3, 0.4) is 0 Å². The van der Waals surface area contributed by atoms with E-state index in [1.807, 2.05) is 0 Å². The summed E-state index contributed by atoms with van der Waals surface area (Å²) in [6.07, 6.45) is -23.9. The van der Waals surface area contributed by atoms with Gasteiger partial charge in [-0.05, 0) is 23.7 Å². The maximum absolute atomic E-state index is 11.3. The van der Waals surface area contributed by atoms with Gasteiger partial charge in [0.25, 0.3) is 11.6 Å². The van der Waals surface area contributed by atoms with E-state index in [4.69, 9.17) is 0 Å². The van der Waals surface area contributed by atoms with Gasteiger partial charge in [0.2, 0.25) is 0 Å². The Morgan fingerprint density at radius 1 is 0.519 bits per heavy atom. The fraction of sp³-hybridized carbons (Fsp3) is 0.400. The Labute approximate surface area is 180 Å². The maximum Gasteiger partial charge on any atom is 2.00 e. The van der Waals surface area contributed by atoms with E-state index in [2.05, 4.69) is 0 Å². The number of rotatable bonds is 2. The summed E-state index contributed by atoms with van der Waals surface area (Å²) in [5.41, 5.74) is 0. The molecule has 0 bridgehead atoms. The van der Waals surface area contributed by atoms with Crippen LogP contribution in [0.5, 0.6) is 0 Å². The van der Waals surface area contributed by atoms with Crippen molar-refractivity contribution in [3.63, 3.8) is 0 Å². The summed E-state index contributed by atoms with van der Waals surface area (Å²) in [7, 11) is 0. The minimum Gasteiger partial charge on any atom is -0.869 e. The monoisotopic (exact) mass is 552 g/mol. The summed E-state index contributed by atoms with van der Waals surface area (Å²) in [4.78, 5) is 19.6. The van der Waals surface area contributed by atoms with Gasteiger partial charge in [0.05, 0.1) is 0 Å². The molecule has 0 rings (SSSR count). The zero-order valence-corrected chi connectivity index (χ0v) is 16.5. The number of hydrogen-bond donors (Lipinski definition) is 0.